The quantitative estimate of drug-likeness (QED) is 0.722. The lowest BCUT2D eigenvalue weighted by Gasteiger charge is -2.12. The zero-order valence-electron chi connectivity index (χ0n) is 12.9. The van der Waals surface area contributed by atoms with Crippen molar-refractivity contribution in [1.82, 2.24) is 0 Å². The first-order valence-electron chi connectivity index (χ1n) is 7.35. The van der Waals surface area contributed by atoms with E-state index in [1.54, 1.807) is 30.3 Å². The Morgan fingerprint density at radius 1 is 1.12 bits per heavy atom. The van der Waals surface area contributed by atoms with E-state index >= 15 is 0 Å². The van der Waals surface area contributed by atoms with Gasteiger partial charge < -0.3 is 4.74 Å². The summed E-state index contributed by atoms with van der Waals surface area (Å²) in [5.41, 5.74) is 1.27. The number of benzene rings is 2. The Labute approximate surface area is 149 Å². The standard InChI is InChI=1S/C18H14ClNO3S/c1-2-23-15-6-4-3-5-12(15)11-16-17(21)20(18(22)24-16)14-9-7-13(19)8-10-14/h3-11H,2H2,1H3. The van der Waals surface area contributed by atoms with E-state index in [1.165, 1.54) is 0 Å². The van der Waals surface area contributed by atoms with E-state index in [0.29, 0.717) is 28.0 Å². The fraction of sp³-hybridized carbons (Fsp3) is 0.111. The van der Waals surface area contributed by atoms with Crippen molar-refractivity contribution in [2.75, 3.05) is 11.5 Å². The van der Waals surface area contributed by atoms with E-state index in [0.717, 1.165) is 22.2 Å². The topological polar surface area (TPSA) is 46.6 Å². The largest absolute Gasteiger partial charge is 0.493 e. The highest BCUT2D eigenvalue weighted by atomic mass is 35.5. The van der Waals surface area contributed by atoms with Crippen LogP contribution in [-0.4, -0.2) is 17.8 Å². The molecule has 0 bridgehead atoms. The van der Waals surface area contributed by atoms with Crippen LogP contribution in [0.15, 0.2) is 53.4 Å². The first-order valence-corrected chi connectivity index (χ1v) is 8.55. The van der Waals surface area contributed by atoms with Gasteiger partial charge in [0.1, 0.15) is 5.75 Å². The second-order valence-corrected chi connectivity index (χ2v) is 6.39. The number of hydrogen-bond donors (Lipinski definition) is 0. The Morgan fingerprint density at radius 2 is 1.83 bits per heavy atom. The number of imide groups is 1. The number of carbonyl (C=O) groups excluding carboxylic acids is 2. The first kappa shape index (κ1) is 16.6. The minimum atomic E-state index is -0.348. The fourth-order valence-electron chi connectivity index (χ4n) is 2.31. The number of para-hydroxylation sites is 1. The predicted molar refractivity (Wildman–Crippen MR) is 97.5 cm³/mol. The van der Waals surface area contributed by atoms with Gasteiger partial charge in [-0.3, -0.25) is 9.59 Å². The van der Waals surface area contributed by atoms with Crippen LogP contribution in [0.5, 0.6) is 5.75 Å². The first-order chi connectivity index (χ1) is 11.6. The van der Waals surface area contributed by atoms with Gasteiger partial charge in [-0.15, -0.1) is 0 Å². The molecule has 2 aromatic rings. The van der Waals surface area contributed by atoms with E-state index in [9.17, 15) is 9.59 Å². The van der Waals surface area contributed by atoms with Crippen LogP contribution in [0.25, 0.3) is 6.08 Å². The molecule has 122 valence electrons. The molecule has 0 unspecified atom stereocenters. The molecule has 1 heterocycles. The molecular weight excluding hydrogens is 346 g/mol. The highest BCUT2D eigenvalue weighted by molar-refractivity contribution is 8.19. The Morgan fingerprint density at radius 3 is 2.54 bits per heavy atom. The van der Waals surface area contributed by atoms with Gasteiger partial charge in [0, 0.05) is 10.6 Å². The molecule has 24 heavy (non-hydrogen) atoms. The van der Waals surface area contributed by atoms with Crippen molar-refractivity contribution in [3.63, 3.8) is 0 Å². The van der Waals surface area contributed by atoms with E-state index in [2.05, 4.69) is 0 Å². The normalized spacial score (nSPS) is 16.1. The summed E-state index contributed by atoms with van der Waals surface area (Å²) < 4.78 is 5.56. The molecule has 1 saturated heterocycles. The summed E-state index contributed by atoms with van der Waals surface area (Å²) in [5, 5.41) is 0.217. The Balaban J connectivity index is 1.93. The van der Waals surface area contributed by atoms with Crippen molar-refractivity contribution in [3.05, 3.63) is 64.0 Å². The van der Waals surface area contributed by atoms with Crippen LogP contribution in [0, 0.1) is 0 Å². The number of ether oxygens (including phenoxy) is 1. The summed E-state index contributed by atoms with van der Waals surface area (Å²) >= 11 is 6.77. The molecule has 4 nitrogen and oxygen atoms in total. The minimum absolute atomic E-state index is 0.331. The molecule has 0 N–H and O–H groups in total. The van der Waals surface area contributed by atoms with Crippen molar-refractivity contribution in [1.29, 1.82) is 0 Å². The van der Waals surface area contributed by atoms with E-state index in [4.69, 9.17) is 16.3 Å². The fourth-order valence-corrected chi connectivity index (χ4v) is 3.27. The summed E-state index contributed by atoms with van der Waals surface area (Å²) in [7, 11) is 0. The molecule has 3 rings (SSSR count). The molecule has 6 heteroatoms. The van der Waals surface area contributed by atoms with Crippen molar-refractivity contribution in [2.24, 2.45) is 0 Å². The average molecular weight is 360 g/mol. The van der Waals surface area contributed by atoms with Crippen LogP contribution in [0.3, 0.4) is 0 Å². The Hall–Kier alpha value is -2.24. The zero-order chi connectivity index (χ0) is 17.1. The monoisotopic (exact) mass is 359 g/mol. The third-order valence-corrected chi connectivity index (χ3v) is 4.51. The molecule has 0 aromatic heterocycles. The molecule has 0 saturated carbocycles. The number of amides is 2. The van der Waals surface area contributed by atoms with E-state index in [1.807, 2.05) is 31.2 Å². The van der Waals surface area contributed by atoms with Gasteiger partial charge in [-0.2, -0.15) is 0 Å². The minimum Gasteiger partial charge on any atom is -0.493 e. The molecule has 2 aromatic carbocycles. The van der Waals surface area contributed by atoms with Gasteiger partial charge in [-0.1, -0.05) is 29.8 Å². The summed E-state index contributed by atoms with van der Waals surface area (Å²) in [6, 6.07) is 14.0. The van der Waals surface area contributed by atoms with Gasteiger partial charge in [0.25, 0.3) is 11.1 Å². The van der Waals surface area contributed by atoms with Crippen LogP contribution < -0.4 is 9.64 Å². The average Bonchev–Trinajstić information content (AvgIpc) is 2.85. The van der Waals surface area contributed by atoms with Crippen molar-refractivity contribution >= 4 is 46.3 Å². The van der Waals surface area contributed by atoms with Gasteiger partial charge in [-0.05, 0) is 55.1 Å². The summed E-state index contributed by atoms with van der Waals surface area (Å²) in [5.74, 6) is 0.330. The lowest BCUT2D eigenvalue weighted by molar-refractivity contribution is -0.113. The smallest absolute Gasteiger partial charge is 0.298 e. The predicted octanol–water partition coefficient (Wildman–Crippen LogP) is 4.98. The van der Waals surface area contributed by atoms with Crippen LogP contribution in [0.1, 0.15) is 12.5 Å². The van der Waals surface area contributed by atoms with Gasteiger partial charge in [-0.25, -0.2) is 4.90 Å². The molecule has 0 spiro atoms. The van der Waals surface area contributed by atoms with Crippen molar-refractivity contribution < 1.29 is 14.3 Å². The molecule has 0 radical (unpaired) electrons. The number of thioether (sulfide) groups is 1. The maximum atomic E-state index is 12.6. The zero-order valence-corrected chi connectivity index (χ0v) is 14.4. The number of anilines is 1. The summed E-state index contributed by atoms with van der Waals surface area (Å²) in [6.45, 7) is 2.42. The molecular formula is C18H14ClNO3S. The SMILES string of the molecule is CCOc1ccccc1C=C1SC(=O)N(c2ccc(Cl)cc2)C1=O. The van der Waals surface area contributed by atoms with Crippen molar-refractivity contribution in [2.45, 2.75) is 6.92 Å². The van der Waals surface area contributed by atoms with Gasteiger partial charge >= 0.3 is 0 Å². The Bertz CT molecular complexity index is 817. The van der Waals surface area contributed by atoms with Crippen LogP contribution in [-0.2, 0) is 4.79 Å². The lowest BCUT2D eigenvalue weighted by Crippen LogP contribution is -2.27. The number of halogens is 1. The molecule has 1 aliphatic heterocycles. The second-order valence-electron chi connectivity index (χ2n) is 4.96. The van der Waals surface area contributed by atoms with Gasteiger partial charge in [0.2, 0.25) is 0 Å². The second kappa shape index (κ2) is 7.11. The van der Waals surface area contributed by atoms with Crippen LogP contribution in [0.2, 0.25) is 5.02 Å². The van der Waals surface area contributed by atoms with Crippen LogP contribution >= 0.6 is 23.4 Å². The highest BCUT2D eigenvalue weighted by Crippen LogP contribution is 2.37. The van der Waals surface area contributed by atoms with Crippen LogP contribution in [0.4, 0.5) is 10.5 Å². The lowest BCUT2D eigenvalue weighted by atomic mass is 10.2. The van der Waals surface area contributed by atoms with Crippen molar-refractivity contribution in [3.8, 4) is 5.75 Å². The van der Waals surface area contributed by atoms with E-state index in [-0.39, 0.29) is 11.1 Å². The molecule has 2 amide bonds. The number of rotatable bonds is 4. The molecule has 0 aliphatic carbocycles. The maximum absolute atomic E-state index is 12.6. The van der Waals surface area contributed by atoms with E-state index < -0.39 is 0 Å². The Kier molecular flexibility index (Phi) is 4.92. The summed E-state index contributed by atoms with van der Waals surface area (Å²) in [6.07, 6.45) is 1.69. The van der Waals surface area contributed by atoms with Gasteiger partial charge in [0.05, 0.1) is 17.2 Å². The van der Waals surface area contributed by atoms with Gasteiger partial charge in [0.15, 0.2) is 0 Å². The molecule has 1 aliphatic rings. The summed E-state index contributed by atoms with van der Waals surface area (Å²) in [4.78, 5) is 26.4. The third kappa shape index (κ3) is 3.32. The number of carbonyl (C=O) groups is 2. The highest BCUT2D eigenvalue weighted by Gasteiger charge is 2.36. The number of hydrogen-bond acceptors (Lipinski definition) is 4. The maximum Gasteiger partial charge on any atom is 0.298 e. The number of nitrogens with zero attached hydrogens (tertiary/aromatic N) is 1. The molecule has 1 fully saturated rings. The molecule has 0 atom stereocenters. The third-order valence-electron chi connectivity index (χ3n) is 3.38.